The molecule has 10 heteroatoms. The number of nitrogens with zero attached hydrogens (tertiary/aromatic N) is 5. The van der Waals surface area contributed by atoms with Crippen LogP contribution in [0.25, 0.3) is 0 Å². The molecule has 1 amide bonds. The van der Waals surface area contributed by atoms with Gasteiger partial charge < -0.3 is 15.1 Å². The lowest BCUT2D eigenvalue weighted by Gasteiger charge is -2.35. The average Bonchev–Trinajstić information content (AvgIpc) is 3.08. The third kappa shape index (κ3) is 4.60. The first-order valence-electron chi connectivity index (χ1n) is 9.02. The van der Waals surface area contributed by atoms with Gasteiger partial charge in [-0.2, -0.15) is 0 Å². The number of anilines is 3. The number of hydrogen-bond acceptors (Lipinski definition) is 7. The number of carbonyl (C=O) groups is 1. The molecule has 4 rings (SSSR count). The molecule has 7 nitrogen and oxygen atoms in total. The van der Waals surface area contributed by atoms with Crippen molar-refractivity contribution in [1.82, 2.24) is 20.1 Å². The molecule has 1 saturated heterocycles. The Morgan fingerprint density at radius 3 is 2.41 bits per heavy atom. The van der Waals surface area contributed by atoms with E-state index in [0.29, 0.717) is 46.2 Å². The van der Waals surface area contributed by atoms with Crippen LogP contribution in [0, 0.1) is 6.92 Å². The summed E-state index contributed by atoms with van der Waals surface area (Å²) in [6.07, 6.45) is 1.79. The van der Waals surface area contributed by atoms with Gasteiger partial charge in [0.1, 0.15) is 10.2 Å². The average molecular weight is 449 g/mol. The molecule has 0 spiro atoms. The van der Waals surface area contributed by atoms with Crippen molar-refractivity contribution in [3.8, 4) is 0 Å². The number of pyridine rings is 1. The SMILES string of the molecule is Cc1ccc(Nc2ccc(N3CCN(C(=O)c4cc(Cl)sc4Cl)CC3)nn2)nc1. The fraction of sp³-hybridized carbons (Fsp3) is 0.263. The Balaban J connectivity index is 1.35. The van der Waals surface area contributed by atoms with Gasteiger partial charge in [0.05, 0.1) is 9.90 Å². The number of amides is 1. The van der Waals surface area contributed by atoms with Gasteiger partial charge in [-0.3, -0.25) is 4.79 Å². The van der Waals surface area contributed by atoms with Gasteiger partial charge in [-0.1, -0.05) is 29.3 Å². The lowest BCUT2D eigenvalue weighted by Crippen LogP contribution is -2.49. The van der Waals surface area contributed by atoms with Crippen molar-refractivity contribution >= 4 is 57.9 Å². The number of nitrogens with one attached hydrogen (secondary N) is 1. The first-order valence-corrected chi connectivity index (χ1v) is 10.6. The second-order valence-electron chi connectivity index (χ2n) is 6.64. The predicted octanol–water partition coefficient (Wildman–Crippen LogP) is 4.25. The molecule has 0 atom stereocenters. The minimum absolute atomic E-state index is 0.0889. The zero-order valence-corrected chi connectivity index (χ0v) is 17.9. The molecule has 3 aromatic rings. The molecule has 150 valence electrons. The highest BCUT2D eigenvalue weighted by atomic mass is 35.5. The molecule has 1 aliphatic rings. The van der Waals surface area contributed by atoms with Gasteiger partial charge in [0.15, 0.2) is 11.6 Å². The molecule has 1 aliphatic heterocycles. The largest absolute Gasteiger partial charge is 0.352 e. The zero-order valence-electron chi connectivity index (χ0n) is 15.6. The monoisotopic (exact) mass is 448 g/mol. The van der Waals surface area contributed by atoms with Crippen molar-refractivity contribution in [2.45, 2.75) is 6.92 Å². The molecule has 4 heterocycles. The maximum atomic E-state index is 12.6. The van der Waals surface area contributed by atoms with Gasteiger partial charge in [-0.05, 0) is 36.8 Å². The fourth-order valence-electron chi connectivity index (χ4n) is 3.03. The molecule has 0 saturated carbocycles. The van der Waals surface area contributed by atoms with E-state index in [9.17, 15) is 4.79 Å². The number of aryl methyl sites for hydroxylation is 1. The van der Waals surface area contributed by atoms with Crippen molar-refractivity contribution in [3.05, 3.63) is 56.3 Å². The van der Waals surface area contributed by atoms with E-state index < -0.39 is 0 Å². The van der Waals surface area contributed by atoms with E-state index in [1.165, 1.54) is 11.3 Å². The van der Waals surface area contributed by atoms with Crippen LogP contribution in [0.15, 0.2) is 36.5 Å². The summed E-state index contributed by atoms with van der Waals surface area (Å²) in [5.41, 5.74) is 1.56. The Morgan fingerprint density at radius 2 is 1.83 bits per heavy atom. The summed E-state index contributed by atoms with van der Waals surface area (Å²) in [7, 11) is 0. The van der Waals surface area contributed by atoms with Gasteiger partial charge >= 0.3 is 0 Å². The summed E-state index contributed by atoms with van der Waals surface area (Å²) < 4.78 is 0.946. The van der Waals surface area contributed by atoms with E-state index in [-0.39, 0.29) is 5.91 Å². The quantitative estimate of drug-likeness (QED) is 0.642. The molecule has 0 aliphatic carbocycles. The summed E-state index contributed by atoms with van der Waals surface area (Å²) in [4.78, 5) is 20.8. The van der Waals surface area contributed by atoms with E-state index in [1.54, 1.807) is 17.2 Å². The first-order chi connectivity index (χ1) is 14.0. The van der Waals surface area contributed by atoms with Crippen LogP contribution < -0.4 is 10.2 Å². The van der Waals surface area contributed by atoms with E-state index >= 15 is 0 Å². The van der Waals surface area contributed by atoms with Crippen molar-refractivity contribution in [3.63, 3.8) is 0 Å². The molecule has 0 unspecified atom stereocenters. The second kappa shape index (κ2) is 8.52. The molecule has 1 fully saturated rings. The van der Waals surface area contributed by atoms with Crippen LogP contribution >= 0.6 is 34.5 Å². The highest BCUT2D eigenvalue weighted by Gasteiger charge is 2.25. The molecule has 29 heavy (non-hydrogen) atoms. The van der Waals surface area contributed by atoms with E-state index in [2.05, 4.69) is 25.4 Å². The molecular weight excluding hydrogens is 431 g/mol. The van der Waals surface area contributed by atoms with Gasteiger partial charge in [-0.25, -0.2) is 4.98 Å². The van der Waals surface area contributed by atoms with Crippen LogP contribution in [0.4, 0.5) is 17.5 Å². The molecule has 0 bridgehead atoms. The van der Waals surface area contributed by atoms with E-state index in [4.69, 9.17) is 23.2 Å². The number of rotatable bonds is 4. The predicted molar refractivity (Wildman–Crippen MR) is 117 cm³/mol. The topological polar surface area (TPSA) is 74.2 Å². The Bertz CT molecular complexity index is 1000. The van der Waals surface area contributed by atoms with Gasteiger partial charge in [0.25, 0.3) is 5.91 Å². The highest BCUT2D eigenvalue weighted by molar-refractivity contribution is 7.20. The van der Waals surface area contributed by atoms with Crippen LogP contribution in [0.2, 0.25) is 8.67 Å². The van der Waals surface area contributed by atoms with Crippen LogP contribution in [-0.4, -0.2) is 52.2 Å². The third-order valence-corrected chi connectivity index (χ3v) is 6.08. The Labute approximate surface area is 182 Å². The molecular formula is C19H18Cl2N6OS. The molecule has 1 N–H and O–H groups in total. The van der Waals surface area contributed by atoms with Crippen LogP contribution in [0.5, 0.6) is 0 Å². The van der Waals surface area contributed by atoms with Crippen LogP contribution in [-0.2, 0) is 0 Å². The van der Waals surface area contributed by atoms with Crippen molar-refractivity contribution in [2.24, 2.45) is 0 Å². The van der Waals surface area contributed by atoms with Gasteiger partial charge in [0.2, 0.25) is 0 Å². The maximum Gasteiger partial charge on any atom is 0.256 e. The Morgan fingerprint density at radius 1 is 1.07 bits per heavy atom. The molecule has 0 radical (unpaired) electrons. The van der Waals surface area contributed by atoms with Gasteiger partial charge in [0, 0.05) is 32.4 Å². The number of halogens is 2. The molecule has 3 aromatic heterocycles. The summed E-state index contributed by atoms with van der Waals surface area (Å²) in [5.74, 6) is 2.03. The third-order valence-electron chi connectivity index (χ3n) is 4.60. The normalized spacial score (nSPS) is 14.2. The standard InChI is InChI=1S/C19H18Cl2N6OS/c1-12-2-3-15(22-11-12)23-16-4-5-17(25-24-16)26-6-8-27(9-7-26)19(28)13-10-14(20)29-18(13)21/h2-5,10-11H,6-9H2,1H3,(H,22,23,24). The number of carbonyl (C=O) groups excluding carboxylic acids is 1. The van der Waals surface area contributed by atoms with Crippen LogP contribution in [0.1, 0.15) is 15.9 Å². The van der Waals surface area contributed by atoms with Crippen molar-refractivity contribution in [2.75, 3.05) is 36.4 Å². The summed E-state index contributed by atoms with van der Waals surface area (Å²) >= 11 is 13.3. The van der Waals surface area contributed by atoms with Crippen molar-refractivity contribution in [1.29, 1.82) is 0 Å². The summed E-state index contributed by atoms with van der Waals surface area (Å²) in [5, 5.41) is 11.7. The lowest BCUT2D eigenvalue weighted by molar-refractivity contribution is 0.0747. The first kappa shape index (κ1) is 19.9. The van der Waals surface area contributed by atoms with Crippen LogP contribution in [0.3, 0.4) is 0 Å². The Hall–Kier alpha value is -2.42. The maximum absolute atomic E-state index is 12.6. The molecule has 0 aromatic carbocycles. The summed E-state index contributed by atoms with van der Waals surface area (Å²) in [6.45, 7) is 4.49. The number of thiophene rings is 1. The number of piperazine rings is 1. The summed E-state index contributed by atoms with van der Waals surface area (Å²) in [6, 6.07) is 9.29. The van der Waals surface area contributed by atoms with Crippen molar-refractivity contribution < 1.29 is 4.79 Å². The highest BCUT2D eigenvalue weighted by Crippen LogP contribution is 2.32. The lowest BCUT2D eigenvalue weighted by atomic mass is 10.2. The van der Waals surface area contributed by atoms with Gasteiger partial charge in [-0.15, -0.1) is 21.5 Å². The number of hydrogen-bond donors (Lipinski definition) is 1. The van der Waals surface area contributed by atoms with E-state index in [0.717, 1.165) is 17.2 Å². The number of aromatic nitrogens is 3. The smallest absolute Gasteiger partial charge is 0.256 e. The Kier molecular flexibility index (Phi) is 5.84. The minimum Gasteiger partial charge on any atom is -0.352 e. The zero-order chi connectivity index (χ0) is 20.4. The fourth-order valence-corrected chi connectivity index (χ4v) is 4.48. The van der Waals surface area contributed by atoms with E-state index in [1.807, 2.05) is 31.2 Å². The second-order valence-corrected chi connectivity index (χ2v) is 8.93. The minimum atomic E-state index is -0.0889.